The molecule has 0 bridgehead atoms. The van der Waals surface area contributed by atoms with Gasteiger partial charge in [-0.2, -0.15) is 0 Å². The van der Waals surface area contributed by atoms with Gasteiger partial charge in [-0.15, -0.1) is 0 Å². The van der Waals surface area contributed by atoms with Crippen molar-refractivity contribution in [2.45, 2.75) is 25.7 Å². The summed E-state index contributed by atoms with van der Waals surface area (Å²) in [5.74, 6) is 0. The Morgan fingerprint density at radius 2 is 0.697 bits per heavy atom. The maximum atomic E-state index is 11.6. The van der Waals surface area contributed by atoms with E-state index in [9.17, 15) is 19.2 Å². The average Bonchev–Trinajstić information content (AvgIpc) is 2.83. The van der Waals surface area contributed by atoms with E-state index in [4.69, 9.17) is 18.9 Å². The number of hydrogen-bond acceptors (Lipinski definition) is 8. The van der Waals surface area contributed by atoms with Crippen molar-refractivity contribution >= 4 is 40.1 Å². The molecule has 0 atom stereocenters. The van der Waals surface area contributed by atoms with Crippen LogP contribution in [0.25, 0.3) is 0 Å². The zero-order valence-electron chi connectivity index (χ0n) is 18.7. The molecule has 0 saturated carbocycles. The molecule has 0 aliphatic rings. The first kappa shape index (κ1) is 33.1. The zero-order chi connectivity index (χ0) is 25.0. The number of carbonyl (C=O) groups is 4. The third-order valence-electron chi connectivity index (χ3n) is 4.08. The molecular formula is C21H32Cr4O8. The third-order valence-corrected chi connectivity index (χ3v) is 7.37. The number of carbonyl (C=O) groups excluding carboxylic acids is 4. The van der Waals surface area contributed by atoms with Crippen LogP contribution in [0.3, 0.4) is 0 Å². The molecule has 8 nitrogen and oxygen atoms in total. The molecule has 0 aromatic carbocycles. The Hall–Kier alpha value is 0.130. The van der Waals surface area contributed by atoms with E-state index in [0.717, 1.165) is 0 Å². The van der Waals surface area contributed by atoms with Crippen molar-refractivity contribution in [2.75, 3.05) is 52.9 Å². The third kappa shape index (κ3) is 18.1. The number of ether oxygens (including phenoxy) is 4. The summed E-state index contributed by atoms with van der Waals surface area (Å²) in [4.78, 5) is 46.2. The van der Waals surface area contributed by atoms with Gasteiger partial charge < -0.3 is 0 Å². The first-order valence-corrected chi connectivity index (χ1v) is 16.1. The summed E-state index contributed by atoms with van der Waals surface area (Å²) < 4.78 is 23.3. The summed E-state index contributed by atoms with van der Waals surface area (Å²) >= 11 is -1.27. The molecule has 0 radical (unpaired) electrons. The van der Waals surface area contributed by atoms with E-state index < -0.39 is 5.41 Å². The molecule has 0 aromatic rings. The van der Waals surface area contributed by atoms with Crippen LogP contribution >= 0.6 is 0 Å². The van der Waals surface area contributed by atoms with E-state index in [0.29, 0.717) is 0 Å². The van der Waals surface area contributed by atoms with Crippen LogP contribution in [0.5, 0.6) is 0 Å². The second kappa shape index (κ2) is 21.4. The van der Waals surface area contributed by atoms with E-state index in [1.807, 2.05) is 0 Å². The van der Waals surface area contributed by atoms with Crippen LogP contribution in [0.2, 0.25) is 0 Å². The van der Waals surface area contributed by atoms with Gasteiger partial charge in [-0.05, 0) is 0 Å². The first-order chi connectivity index (χ1) is 15.8. The van der Waals surface area contributed by atoms with E-state index in [-0.39, 0.29) is 156 Å². The Labute approximate surface area is 220 Å². The summed E-state index contributed by atoms with van der Waals surface area (Å²) in [5.41, 5.74) is -0.728. The monoisotopic (exact) mass is 620 g/mol. The Morgan fingerprint density at radius 1 is 0.485 bits per heavy atom. The summed E-state index contributed by atoms with van der Waals surface area (Å²) in [6.07, 6.45) is 1.12. The number of rotatable bonds is 24. The molecule has 0 spiro atoms. The van der Waals surface area contributed by atoms with Crippen LogP contribution in [0, 0.1) is 5.41 Å². The normalized spacial score (nSPS) is 10.9. The molecule has 0 unspecified atom stereocenters. The van der Waals surface area contributed by atoms with Crippen molar-refractivity contribution in [1.29, 1.82) is 0 Å². The Morgan fingerprint density at radius 3 is 0.879 bits per heavy atom. The summed E-state index contributed by atoms with van der Waals surface area (Å²) in [5, 5.41) is 14.5. The average molecular weight is 620 g/mol. The molecule has 0 amide bonds. The second-order valence-corrected chi connectivity index (χ2v) is 11.4. The summed E-state index contributed by atoms with van der Waals surface area (Å²) in [6, 6.07) is 0. The van der Waals surface area contributed by atoms with Gasteiger partial charge in [0.2, 0.25) is 0 Å². The minimum absolute atomic E-state index is 0.0625. The molecule has 0 aromatic heterocycles. The second-order valence-electron chi connectivity index (χ2n) is 6.78. The van der Waals surface area contributed by atoms with Gasteiger partial charge in [0.15, 0.2) is 0 Å². The van der Waals surface area contributed by atoms with Gasteiger partial charge in [-0.25, -0.2) is 0 Å². The molecule has 0 heterocycles. The van der Waals surface area contributed by atoms with E-state index in [1.165, 1.54) is 0 Å². The van der Waals surface area contributed by atoms with Crippen molar-refractivity contribution in [3.63, 3.8) is 0 Å². The predicted octanol–water partition coefficient (Wildman–Crippen LogP) is -0.236. The number of hydrogen-bond donors (Lipinski definition) is 0. The van der Waals surface area contributed by atoms with Gasteiger partial charge >= 0.3 is 221 Å². The van der Waals surface area contributed by atoms with Crippen LogP contribution in [0.15, 0.2) is 0 Å². The molecule has 188 valence electrons. The van der Waals surface area contributed by atoms with Crippen LogP contribution in [0.1, 0.15) is 25.7 Å². The first-order valence-electron chi connectivity index (χ1n) is 9.93. The van der Waals surface area contributed by atoms with Crippen LogP contribution < -0.4 is 0 Å². The molecule has 0 fully saturated rings. The standard InChI is InChI=1S/C17H24O8.4CH2.4Cr/c18-5-1-9-22-13-17(14-23-10-2-6-19,15-24-11-3-7-20)16-25-12-4-8-21;;;;;;;;/h1-4,9-16H2;4*1H2;;;;. The molecule has 0 aliphatic heterocycles. The molecular weight excluding hydrogens is 588 g/mol. The van der Waals surface area contributed by atoms with Crippen LogP contribution in [0.4, 0.5) is 0 Å². The Balaban J connectivity index is 5.15. The summed E-state index contributed by atoms with van der Waals surface area (Å²) in [7, 11) is 0. The van der Waals surface area contributed by atoms with Crippen molar-refractivity contribution in [3.8, 4) is 0 Å². The van der Waals surface area contributed by atoms with Gasteiger partial charge in [-0.1, -0.05) is 0 Å². The molecule has 0 saturated heterocycles. The molecule has 33 heavy (non-hydrogen) atoms. The van der Waals surface area contributed by atoms with Gasteiger partial charge in [0.1, 0.15) is 0 Å². The van der Waals surface area contributed by atoms with E-state index >= 15 is 0 Å². The maximum absolute atomic E-state index is 11.6. The van der Waals surface area contributed by atoms with Crippen molar-refractivity contribution < 1.29 is 97.2 Å². The molecule has 0 N–H and O–H groups in total. The van der Waals surface area contributed by atoms with E-state index in [2.05, 4.69) is 21.5 Å². The Kier molecular flexibility index (Phi) is 21.5. The van der Waals surface area contributed by atoms with Crippen LogP contribution in [-0.4, -0.2) is 93.0 Å². The fourth-order valence-corrected chi connectivity index (χ4v) is 3.74. The van der Waals surface area contributed by atoms with Crippen molar-refractivity contribution in [1.82, 2.24) is 0 Å². The zero-order valence-corrected chi connectivity index (χ0v) is 23.8. The molecule has 0 aliphatic carbocycles. The fraction of sp³-hybridized carbons (Fsp3) is 0.619. The topological polar surface area (TPSA) is 105 Å². The van der Waals surface area contributed by atoms with Gasteiger partial charge in [0, 0.05) is 0 Å². The van der Waals surface area contributed by atoms with E-state index in [1.54, 1.807) is 0 Å². The van der Waals surface area contributed by atoms with Crippen molar-refractivity contribution in [3.05, 3.63) is 0 Å². The predicted molar refractivity (Wildman–Crippen MR) is 113 cm³/mol. The molecule has 0 rings (SSSR count). The van der Waals surface area contributed by atoms with Gasteiger partial charge in [-0.3, -0.25) is 0 Å². The SMILES string of the molecule is [CH2]=[Cr][C](=O)CCOCC(COCC[C](=O)[Cr]=[CH2])(COCC[C](=O)[Cr]=[CH2])COCC[C](=O)[Cr]=[CH2]. The quantitative estimate of drug-likeness (QED) is 0.136. The Bertz CT molecular complexity index is 578. The van der Waals surface area contributed by atoms with Crippen molar-refractivity contribution in [2.24, 2.45) is 5.41 Å². The minimum atomic E-state index is -0.728. The van der Waals surface area contributed by atoms with Gasteiger partial charge in [0.25, 0.3) is 0 Å². The summed E-state index contributed by atoms with van der Waals surface area (Å²) in [6.45, 7) is 1.74. The van der Waals surface area contributed by atoms with Crippen LogP contribution in [-0.2, 0) is 97.2 Å². The fourth-order valence-electron chi connectivity index (χ4n) is 2.32. The van der Waals surface area contributed by atoms with Gasteiger partial charge in [0.05, 0.1) is 0 Å². The molecule has 12 heteroatoms.